The molecule has 0 amide bonds. The number of unbranched alkanes of at least 4 members (excludes halogenated alkanes) is 18. The lowest BCUT2D eigenvalue weighted by Gasteiger charge is -2.01. The van der Waals surface area contributed by atoms with E-state index in [-0.39, 0.29) is 0 Å². The summed E-state index contributed by atoms with van der Waals surface area (Å²) in [4.78, 5) is 0. The summed E-state index contributed by atoms with van der Waals surface area (Å²) in [5, 5.41) is 0. The van der Waals surface area contributed by atoms with E-state index < -0.39 is 0 Å². The SMILES string of the molecule is CCCCCCCCCCCC=CCCCCCCCCCCC. The van der Waals surface area contributed by atoms with Gasteiger partial charge in [0.25, 0.3) is 0 Å². The summed E-state index contributed by atoms with van der Waals surface area (Å²) >= 11 is 0. The van der Waals surface area contributed by atoms with Gasteiger partial charge in [-0.3, -0.25) is 0 Å². The van der Waals surface area contributed by atoms with E-state index >= 15 is 0 Å². The van der Waals surface area contributed by atoms with Crippen LogP contribution in [0.2, 0.25) is 0 Å². The Kier molecular flexibility index (Phi) is 22.5. The second-order valence-corrected chi connectivity index (χ2v) is 7.71. The van der Waals surface area contributed by atoms with Gasteiger partial charge in [-0.05, 0) is 25.7 Å². The van der Waals surface area contributed by atoms with Gasteiger partial charge < -0.3 is 0 Å². The van der Waals surface area contributed by atoms with Crippen molar-refractivity contribution in [1.82, 2.24) is 0 Å². The van der Waals surface area contributed by atoms with E-state index in [1.54, 1.807) is 0 Å². The van der Waals surface area contributed by atoms with Crippen LogP contribution in [-0.2, 0) is 0 Å². The summed E-state index contributed by atoms with van der Waals surface area (Å²) in [5.74, 6) is 0. The molecule has 0 spiro atoms. The van der Waals surface area contributed by atoms with Gasteiger partial charge in [-0.15, -0.1) is 0 Å². The van der Waals surface area contributed by atoms with Crippen LogP contribution in [0.25, 0.3) is 0 Å². The molecule has 0 aromatic rings. The molecule has 24 heavy (non-hydrogen) atoms. The van der Waals surface area contributed by atoms with Crippen molar-refractivity contribution < 1.29 is 0 Å². The molecule has 0 aliphatic carbocycles. The zero-order chi connectivity index (χ0) is 17.6. The highest BCUT2D eigenvalue weighted by Gasteiger charge is 1.92. The molecule has 0 aliphatic heterocycles. The van der Waals surface area contributed by atoms with Crippen LogP contribution in [0, 0.1) is 0 Å². The first-order valence-electron chi connectivity index (χ1n) is 11.6. The molecule has 0 atom stereocenters. The van der Waals surface area contributed by atoms with Crippen molar-refractivity contribution in [3.8, 4) is 0 Å². The Morgan fingerprint density at radius 1 is 0.333 bits per heavy atom. The van der Waals surface area contributed by atoms with Gasteiger partial charge in [0.15, 0.2) is 0 Å². The van der Waals surface area contributed by atoms with Crippen molar-refractivity contribution >= 4 is 0 Å². The minimum Gasteiger partial charge on any atom is -0.0885 e. The Balaban J connectivity index is 3.04. The summed E-state index contributed by atoms with van der Waals surface area (Å²) in [6.45, 7) is 4.59. The maximum absolute atomic E-state index is 2.44. The molecule has 0 bridgehead atoms. The summed E-state index contributed by atoms with van der Waals surface area (Å²) in [6.07, 6.45) is 33.4. The molecule has 0 saturated heterocycles. The third-order valence-corrected chi connectivity index (χ3v) is 5.12. The van der Waals surface area contributed by atoms with Crippen molar-refractivity contribution in [2.45, 2.75) is 142 Å². The molecule has 0 heterocycles. The summed E-state index contributed by atoms with van der Waals surface area (Å²) < 4.78 is 0. The summed E-state index contributed by atoms with van der Waals surface area (Å²) in [7, 11) is 0. The van der Waals surface area contributed by atoms with Gasteiger partial charge in [0, 0.05) is 0 Å². The molecule has 0 nitrogen and oxygen atoms in total. The zero-order valence-electron chi connectivity index (χ0n) is 17.3. The van der Waals surface area contributed by atoms with E-state index in [1.807, 2.05) is 0 Å². The summed E-state index contributed by atoms with van der Waals surface area (Å²) in [6, 6.07) is 0. The molecule has 0 radical (unpaired) electrons. The average Bonchev–Trinajstić information content (AvgIpc) is 2.60. The monoisotopic (exact) mass is 336 g/mol. The van der Waals surface area contributed by atoms with E-state index in [1.165, 1.54) is 128 Å². The van der Waals surface area contributed by atoms with Crippen molar-refractivity contribution in [3.05, 3.63) is 12.2 Å². The van der Waals surface area contributed by atoms with Crippen LogP contribution in [0.5, 0.6) is 0 Å². The van der Waals surface area contributed by atoms with Crippen LogP contribution in [0.3, 0.4) is 0 Å². The Morgan fingerprint density at radius 2 is 0.583 bits per heavy atom. The van der Waals surface area contributed by atoms with Crippen molar-refractivity contribution in [1.29, 1.82) is 0 Å². The third-order valence-electron chi connectivity index (χ3n) is 5.12. The van der Waals surface area contributed by atoms with Gasteiger partial charge in [0.1, 0.15) is 0 Å². The first-order chi connectivity index (χ1) is 11.9. The maximum atomic E-state index is 2.44. The van der Waals surface area contributed by atoms with E-state index in [0.29, 0.717) is 0 Å². The fourth-order valence-electron chi connectivity index (χ4n) is 3.38. The molecule has 0 saturated carbocycles. The number of hydrogen-bond acceptors (Lipinski definition) is 0. The van der Waals surface area contributed by atoms with E-state index in [4.69, 9.17) is 0 Å². The van der Waals surface area contributed by atoms with Crippen LogP contribution in [0.4, 0.5) is 0 Å². The van der Waals surface area contributed by atoms with Crippen LogP contribution in [0.1, 0.15) is 142 Å². The quantitative estimate of drug-likeness (QED) is 0.153. The van der Waals surface area contributed by atoms with Gasteiger partial charge in [-0.1, -0.05) is 129 Å². The molecule has 0 aromatic heterocycles. The minimum atomic E-state index is 1.31. The third kappa shape index (κ3) is 21.7. The Bertz CT molecular complexity index is 204. The molecule has 0 heteroatoms. The lowest BCUT2D eigenvalue weighted by molar-refractivity contribution is 0.564. The summed E-state index contributed by atoms with van der Waals surface area (Å²) in [5.41, 5.74) is 0. The van der Waals surface area contributed by atoms with Crippen molar-refractivity contribution in [2.24, 2.45) is 0 Å². The van der Waals surface area contributed by atoms with Gasteiger partial charge in [-0.25, -0.2) is 0 Å². The Hall–Kier alpha value is -0.260. The first-order valence-corrected chi connectivity index (χ1v) is 11.6. The van der Waals surface area contributed by atoms with Gasteiger partial charge >= 0.3 is 0 Å². The maximum Gasteiger partial charge on any atom is -0.0351 e. The fraction of sp³-hybridized carbons (Fsp3) is 0.917. The molecular formula is C24H48. The number of rotatable bonds is 20. The molecule has 0 aliphatic rings. The van der Waals surface area contributed by atoms with Crippen molar-refractivity contribution in [2.75, 3.05) is 0 Å². The highest BCUT2D eigenvalue weighted by molar-refractivity contribution is 4.81. The standard InChI is InChI=1S/C24H48/c1-3-5-7-9-11-13-15-17-19-21-23-24-22-20-18-16-14-12-10-8-6-4-2/h23-24H,3-22H2,1-2H3. The zero-order valence-corrected chi connectivity index (χ0v) is 17.3. The largest absolute Gasteiger partial charge is 0.0885 e. The molecular weight excluding hydrogens is 288 g/mol. The van der Waals surface area contributed by atoms with Crippen LogP contribution in [0.15, 0.2) is 12.2 Å². The first kappa shape index (κ1) is 23.7. The fourth-order valence-corrected chi connectivity index (χ4v) is 3.38. The second kappa shape index (κ2) is 22.7. The van der Waals surface area contributed by atoms with E-state index in [0.717, 1.165) is 0 Å². The molecule has 144 valence electrons. The molecule has 0 rings (SSSR count). The Morgan fingerprint density at radius 3 is 0.875 bits per heavy atom. The normalized spacial score (nSPS) is 11.6. The lowest BCUT2D eigenvalue weighted by Crippen LogP contribution is -1.81. The highest BCUT2D eigenvalue weighted by Crippen LogP contribution is 2.12. The van der Waals surface area contributed by atoms with Crippen LogP contribution >= 0.6 is 0 Å². The average molecular weight is 337 g/mol. The molecule has 0 unspecified atom stereocenters. The van der Waals surface area contributed by atoms with Crippen molar-refractivity contribution in [3.63, 3.8) is 0 Å². The highest BCUT2D eigenvalue weighted by atomic mass is 14.0. The predicted octanol–water partition coefficient (Wildman–Crippen LogP) is 9.38. The molecule has 0 fully saturated rings. The minimum absolute atomic E-state index is 1.31. The smallest absolute Gasteiger partial charge is 0.0351 e. The van der Waals surface area contributed by atoms with Gasteiger partial charge in [0.05, 0.1) is 0 Å². The predicted molar refractivity (Wildman–Crippen MR) is 113 cm³/mol. The van der Waals surface area contributed by atoms with Gasteiger partial charge in [0.2, 0.25) is 0 Å². The van der Waals surface area contributed by atoms with Gasteiger partial charge in [-0.2, -0.15) is 0 Å². The van der Waals surface area contributed by atoms with Crippen LogP contribution < -0.4 is 0 Å². The lowest BCUT2D eigenvalue weighted by atomic mass is 10.1. The molecule has 0 aromatic carbocycles. The second-order valence-electron chi connectivity index (χ2n) is 7.71. The van der Waals surface area contributed by atoms with Crippen LogP contribution in [-0.4, -0.2) is 0 Å². The van der Waals surface area contributed by atoms with E-state index in [2.05, 4.69) is 26.0 Å². The number of hydrogen-bond donors (Lipinski definition) is 0. The number of allylic oxidation sites excluding steroid dienone is 2. The van der Waals surface area contributed by atoms with E-state index in [9.17, 15) is 0 Å². The Labute approximate surface area is 154 Å². The topological polar surface area (TPSA) is 0 Å². The molecule has 0 N–H and O–H groups in total.